The molecule has 0 bridgehead atoms. The Balaban J connectivity index is 1.80. The second kappa shape index (κ2) is 5.75. The molecule has 5 nitrogen and oxygen atoms in total. The van der Waals surface area contributed by atoms with Crippen molar-refractivity contribution >= 4 is 11.5 Å². The van der Waals surface area contributed by atoms with Gasteiger partial charge in [0, 0.05) is 29.6 Å². The van der Waals surface area contributed by atoms with E-state index in [1.165, 1.54) is 5.69 Å². The summed E-state index contributed by atoms with van der Waals surface area (Å²) in [6.07, 6.45) is 2.06. The maximum Gasteiger partial charge on any atom is 0.137 e. The highest BCUT2D eigenvalue weighted by Crippen LogP contribution is 2.15. The number of aromatic nitrogens is 4. The van der Waals surface area contributed by atoms with Gasteiger partial charge in [0.25, 0.3) is 0 Å². The fraction of sp³-hybridized carbons (Fsp3) is 0.353. The van der Waals surface area contributed by atoms with Crippen molar-refractivity contribution in [3.05, 3.63) is 53.4 Å². The Morgan fingerprint density at radius 3 is 2.68 bits per heavy atom. The molecule has 22 heavy (non-hydrogen) atoms. The van der Waals surface area contributed by atoms with Gasteiger partial charge in [0.15, 0.2) is 0 Å². The van der Waals surface area contributed by atoms with Crippen LogP contribution in [0.4, 0.5) is 5.82 Å². The summed E-state index contributed by atoms with van der Waals surface area (Å²) in [5.74, 6) is 2.04. The molecule has 5 heteroatoms. The van der Waals surface area contributed by atoms with E-state index >= 15 is 0 Å². The van der Waals surface area contributed by atoms with Crippen LogP contribution in [0.25, 0.3) is 5.65 Å². The number of anilines is 1. The average Bonchev–Trinajstić information content (AvgIpc) is 2.89. The summed E-state index contributed by atoms with van der Waals surface area (Å²) in [4.78, 5) is 13.7. The molecule has 0 aliphatic heterocycles. The third-order valence-electron chi connectivity index (χ3n) is 3.58. The Bertz CT molecular complexity index is 804. The fourth-order valence-corrected chi connectivity index (χ4v) is 2.41. The molecule has 0 atom stereocenters. The molecule has 0 radical (unpaired) electrons. The lowest BCUT2D eigenvalue weighted by Gasteiger charge is -2.09. The summed E-state index contributed by atoms with van der Waals surface area (Å²) in [6.45, 7) is 8.92. The number of rotatable bonds is 4. The van der Waals surface area contributed by atoms with Crippen LogP contribution in [0.2, 0.25) is 0 Å². The molecule has 0 saturated carbocycles. The zero-order chi connectivity index (χ0) is 15.7. The smallest absolute Gasteiger partial charge is 0.137 e. The van der Waals surface area contributed by atoms with Crippen LogP contribution < -0.4 is 5.32 Å². The van der Waals surface area contributed by atoms with Crippen molar-refractivity contribution in [2.75, 3.05) is 5.32 Å². The van der Waals surface area contributed by atoms with Gasteiger partial charge >= 0.3 is 0 Å². The van der Waals surface area contributed by atoms with Gasteiger partial charge in [-0.25, -0.2) is 15.0 Å². The molecule has 0 fully saturated rings. The molecule has 3 aromatic heterocycles. The number of pyridine rings is 1. The van der Waals surface area contributed by atoms with E-state index in [4.69, 9.17) is 0 Å². The van der Waals surface area contributed by atoms with Crippen molar-refractivity contribution in [1.82, 2.24) is 19.4 Å². The minimum Gasteiger partial charge on any atom is -0.364 e. The standard InChI is InChI=1S/C17H21N5/c1-11(2)17-19-12(3)8-15(21-17)18-9-14-10-22-13(4)6-5-7-16(22)20-14/h5-8,10-11H,9H2,1-4H3,(H,18,19,21). The Kier molecular flexibility index (Phi) is 3.79. The van der Waals surface area contributed by atoms with Crippen LogP contribution in [0.3, 0.4) is 0 Å². The summed E-state index contributed by atoms with van der Waals surface area (Å²) >= 11 is 0. The van der Waals surface area contributed by atoms with Gasteiger partial charge in [-0.2, -0.15) is 0 Å². The van der Waals surface area contributed by atoms with Crippen LogP contribution in [0.1, 0.15) is 42.7 Å². The average molecular weight is 295 g/mol. The van der Waals surface area contributed by atoms with Gasteiger partial charge in [0.05, 0.1) is 12.2 Å². The van der Waals surface area contributed by atoms with Gasteiger partial charge < -0.3 is 9.72 Å². The van der Waals surface area contributed by atoms with Crippen molar-refractivity contribution in [2.24, 2.45) is 0 Å². The second-order valence-electron chi connectivity index (χ2n) is 5.89. The molecule has 0 spiro atoms. The molecule has 0 aliphatic carbocycles. The summed E-state index contributed by atoms with van der Waals surface area (Å²) in [5, 5.41) is 3.35. The quantitative estimate of drug-likeness (QED) is 0.800. The summed E-state index contributed by atoms with van der Waals surface area (Å²) in [5.41, 5.74) is 4.12. The number of aryl methyl sites for hydroxylation is 2. The molecule has 3 heterocycles. The third kappa shape index (κ3) is 2.93. The van der Waals surface area contributed by atoms with E-state index in [-0.39, 0.29) is 0 Å². The first-order chi connectivity index (χ1) is 10.5. The Labute approximate surface area is 130 Å². The first kappa shape index (κ1) is 14.5. The van der Waals surface area contributed by atoms with Crippen molar-refractivity contribution in [2.45, 2.75) is 40.2 Å². The first-order valence-electron chi connectivity index (χ1n) is 7.56. The molecule has 1 N–H and O–H groups in total. The van der Waals surface area contributed by atoms with Gasteiger partial charge in [-0.05, 0) is 26.0 Å². The van der Waals surface area contributed by atoms with Crippen molar-refractivity contribution in [1.29, 1.82) is 0 Å². The van der Waals surface area contributed by atoms with Crippen molar-refractivity contribution in [3.63, 3.8) is 0 Å². The lowest BCUT2D eigenvalue weighted by molar-refractivity contribution is 0.766. The molecule has 0 amide bonds. The summed E-state index contributed by atoms with van der Waals surface area (Å²) < 4.78 is 2.10. The van der Waals surface area contributed by atoms with Crippen molar-refractivity contribution in [3.8, 4) is 0 Å². The van der Waals surface area contributed by atoms with Gasteiger partial charge in [0.1, 0.15) is 17.3 Å². The molecule has 0 aliphatic rings. The van der Waals surface area contributed by atoms with Gasteiger partial charge in [-0.3, -0.25) is 0 Å². The van der Waals surface area contributed by atoms with Crippen molar-refractivity contribution < 1.29 is 0 Å². The van der Waals surface area contributed by atoms with E-state index in [2.05, 4.69) is 57.7 Å². The van der Waals surface area contributed by atoms with Crippen LogP contribution in [-0.2, 0) is 6.54 Å². The van der Waals surface area contributed by atoms with E-state index < -0.39 is 0 Å². The van der Waals surface area contributed by atoms with E-state index in [1.807, 2.05) is 25.1 Å². The minimum absolute atomic E-state index is 0.318. The van der Waals surface area contributed by atoms with Crippen LogP contribution in [-0.4, -0.2) is 19.4 Å². The lowest BCUT2D eigenvalue weighted by atomic mass is 10.2. The summed E-state index contributed by atoms with van der Waals surface area (Å²) in [7, 11) is 0. The Morgan fingerprint density at radius 1 is 1.14 bits per heavy atom. The fourth-order valence-electron chi connectivity index (χ4n) is 2.41. The molecule has 0 aromatic carbocycles. The zero-order valence-corrected chi connectivity index (χ0v) is 13.5. The largest absolute Gasteiger partial charge is 0.364 e. The zero-order valence-electron chi connectivity index (χ0n) is 13.5. The SMILES string of the molecule is Cc1cc(NCc2cn3c(C)cccc3n2)nc(C(C)C)n1. The molecule has 0 saturated heterocycles. The normalized spacial score (nSPS) is 11.3. The number of fused-ring (bicyclic) bond motifs is 1. The highest BCUT2D eigenvalue weighted by Gasteiger charge is 2.07. The highest BCUT2D eigenvalue weighted by molar-refractivity contribution is 5.43. The first-order valence-corrected chi connectivity index (χ1v) is 7.56. The second-order valence-corrected chi connectivity index (χ2v) is 5.89. The van der Waals surface area contributed by atoms with Crippen LogP contribution in [0.5, 0.6) is 0 Å². The number of nitrogens with one attached hydrogen (secondary N) is 1. The van der Waals surface area contributed by atoms with E-state index in [0.29, 0.717) is 12.5 Å². The van der Waals surface area contributed by atoms with Gasteiger partial charge in [-0.15, -0.1) is 0 Å². The number of nitrogens with zero attached hydrogens (tertiary/aromatic N) is 4. The number of hydrogen-bond donors (Lipinski definition) is 1. The molecule has 3 rings (SSSR count). The third-order valence-corrected chi connectivity index (χ3v) is 3.58. The lowest BCUT2D eigenvalue weighted by Crippen LogP contribution is -2.06. The Morgan fingerprint density at radius 2 is 1.95 bits per heavy atom. The predicted molar refractivity (Wildman–Crippen MR) is 88.1 cm³/mol. The summed E-state index contributed by atoms with van der Waals surface area (Å²) in [6, 6.07) is 8.08. The minimum atomic E-state index is 0.318. The number of imidazole rings is 1. The van der Waals surface area contributed by atoms with E-state index in [1.54, 1.807) is 0 Å². The van der Waals surface area contributed by atoms with Crippen LogP contribution >= 0.6 is 0 Å². The van der Waals surface area contributed by atoms with Gasteiger partial charge in [-0.1, -0.05) is 19.9 Å². The molecule has 3 aromatic rings. The molecule has 0 unspecified atom stereocenters. The Hall–Kier alpha value is -2.43. The number of hydrogen-bond acceptors (Lipinski definition) is 4. The van der Waals surface area contributed by atoms with Gasteiger partial charge in [0.2, 0.25) is 0 Å². The van der Waals surface area contributed by atoms with E-state index in [9.17, 15) is 0 Å². The topological polar surface area (TPSA) is 55.1 Å². The molecular formula is C17H21N5. The maximum absolute atomic E-state index is 4.63. The molecule has 114 valence electrons. The van der Waals surface area contributed by atoms with Crippen LogP contribution in [0, 0.1) is 13.8 Å². The monoisotopic (exact) mass is 295 g/mol. The maximum atomic E-state index is 4.63. The molecular weight excluding hydrogens is 274 g/mol. The highest BCUT2D eigenvalue weighted by atomic mass is 15.1. The van der Waals surface area contributed by atoms with Crippen LogP contribution in [0.15, 0.2) is 30.5 Å². The predicted octanol–water partition coefficient (Wildman–Crippen LogP) is 3.48. The van der Waals surface area contributed by atoms with E-state index in [0.717, 1.165) is 28.7 Å².